The summed E-state index contributed by atoms with van der Waals surface area (Å²) in [5.74, 6) is -1.13. The van der Waals surface area contributed by atoms with Gasteiger partial charge in [0, 0.05) is 6.92 Å². The predicted molar refractivity (Wildman–Crippen MR) is 68.6 cm³/mol. The summed E-state index contributed by atoms with van der Waals surface area (Å²) in [7, 11) is -11.9. The highest BCUT2D eigenvalue weighted by Gasteiger charge is 2.77. The van der Waals surface area contributed by atoms with Gasteiger partial charge in [0.1, 0.15) is 12.1 Å². The van der Waals surface area contributed by atoms with Crippen LogP contribution in [0.3, 0.4) is 0 Å². The minimum Gasteiger partial charge on any atom is -0.394 e. The summed E-state index contributed by atoms with van der Waals surface area (Å²) in [6.07, 6.45) is -5.07. The van der Waals surface area contributed by atoms with Crippen LogP contribution in [0.15, 0.2) is 0 Å². The van der Waals surface area contributed by atoms with Crippen LogP contribution in [0.25, 0.3) is 0 Å². The molecule has 0 aliphatic carbocycles. The lowest BCUT2D eigenvalue weighted by Gasteiger charge is -2.51. The number of hydrogen-bond acceptors (Lipinski definition) is 10. The standard InChI is InChI=1S/C8H15NO12S2/c1-3(11)9-5-6(12)21-4(2-10)7(13,22(15,16)17)8(5,14)23(18,19)20/h4-6,10,12-14H,2H2,1H3,(H,9,11)(H,15,16,17)(H,18,19,20)/t4-,5+,6?,7-,8+/m1/s1. The van der Waals surface area contributed by atoms with Gasteiger partial charge in [-0.3, -0.25) is 13.9 Å². The first kappa shape index (κ1) is 20.1. The molecule has 0 aromatic carbocycles. The summed E-state index contributed by atoms with van der Waals surface area (Å²) in [5, 5.41) is 40.7. The number of amides is 1. The molecule has 23 heavy (non-hydrogen) atoms. The molecule has 136 valence electrons. The zero-order valence-corrected chi connectivity index (χ0v) is 13.0. The van der Waals surface area contributed by atoms with E-state index in [0.29, 0.717) is 0 Å². The average molecular weight is 381 g/mol. The van der Waals surface area contributed by atoms with Crippen LogP contribution in [0.4, 0.5) is 0 Å². The van der Waals surface area contributed by atoms with E-state index in [4.69, 9.17) is 9.66 Å². The molecule has 1 saturated heterocycles. The summed E-state index contributed by atoms with van der Waals surface area (Å²) < 4.78 is 68.8. The number of hydrogen-bond donors (Lipinski definition) is 7. The molecule has 1 aliphatic heterocycles. The van der Waals surface area contributed by atoms with Crippen molar-refractivity contribution in [3.8, 4) is 0 Å². The molecule has 1 unspecified atom stereocenters. The topological polar surface area (TPSA) is 228 Å². The highest BCUT2D eigenvalue weighted by Crippen LogP contribution is 2.44. The fourth-order valence-electron chi connectivity index (χ4n) is 2.24. The SMILES string of the molecule is CC(=O)N[C@H]1C(O)O[C@H](CO)[C@@](O)(S(=O)(=O)O)[C@@]1(O)S(=O)(=O)O. The number of carbonyl (C=O) groups excluding carboxylic acids is 1. The maximum atomic E-state index is 11.5. The summed E-state index contributed by atoms with van der Waals surface area (Å²) >= 11 is 0. The number of aliphatic hydroxyl groups is 4. The Labute approximate surface area is 130 Å². The molecule has 1 rings (SSSR count). The molecule has 1 fully saturated rings. The lowest BCUT2D eigenvalue weighted by Crippen LogP contribution is -2.82. The quantitative estimate of drug-likeness (QED) is 0.228. The van der Waals surface area contributed by atoms with Crippen LogP contribution in [-0.4, -0.2) is 87.2 Å². The third-order valence-corrected chi connectivity index (χ3v) is 6.11. The van der Waals surface area contributed by atoms with Gasteiger partial charge in [-0.2, -0.15) is 16.8 Å². The van der Waals surface area contributed by atoms with Gasteiger partial charge in [-0.25, -0.2) is 0 Å². The van der Waals surface area contributed by atoms with Crippen LogP contribution in [0, 0.1) is 0 Å². The van der Waals surface area contributed by atoms with Gasteiger partial charge in [0.25, 0.3) is 9.87 Å². The van der Waals surface area contributed by atoms with E-state index < -0.39 is 61.1 Å². The fourth-order valence-corrected chi connectivity index (χ4v) is 4.82. The summed E-state index contributed by atoms with van der Waals surface area (Å²) in [4.78, 5) is 2.56. The molecule has 1 aliphatic rings. The number of nitrogens with one attached hydrogen (secondary N) is 1. The third-order valence-electron chi connectivity index (χ3n) is 3.27. The van der Waals surface area contributed by atoms with E-state index in [-0.39, 0.29) is 0 Å². The molecule has 0 radical (unpaired) electrons. The molecule has 0 saturated carbocycles. The van der Waals surface area contributed by atoms with Crippen LogP contribution in [0.2, 0.25) is 0 Å². The van der Waals surface area contributed by atoms with E-state index in [1.165, 1.54) is 0 Å². The van der Waals surface area contributed by atoms with Gasteiger partial charge < -0.3 is 30.5 Å². The summed E-state index contributed by atoms with van der Waals surface area (Å²) in [5.41, 5.74) is 0. The fraction of sp³-hybridized carbons (Fsp3) is 0.875. The highest BCUT2D eigenvalue weighted by molar-refractivity contribution is 7.91. The van der Waals surface area contributed by atoms with Crippen LogP contribution in [0.1, 0.15) is 6.92 Å². The molecule has 1 amide bonds. The monoisotopic (exact) mass is 381 g/mol. The molecule has 0 aromatic heterocycles. The van der Waals surface area contributed by atoms with Crippen molar-refractivity contribution < 1.29 is 55.9 Å². The second kappa shape index (κ2) is 5.87. The zero-order valence-electron chi connectivity index (χ0n) is 11.4. The summed E-state index contributed by atoms with van der Waals surface area (Å²) in [6, 6.07) is -2.63. The van der Waals surface area contributed by atoms with E-state index in [2.05, 4.69) is 4.74 Å². The lowest BCUT2D eigenvalue weighted by atomic mass is 9.95. The molecule has 0 aromatic rings. The number of rotatable bonds is 4. The molecular formula is C8H15NO12S2. The number of aliphatic hydroxyl groups excluding tert-OH is 2. The van der Waals surface area contributed by atoms with Gasteiger partial charge in [0.05, 0.1) is 6.61 Å². The van der Waals surface area contributed by atoms with E-state index in [1.54, 1.807) is 5.32 Å². The second-order valence-electron chi connectivity index (χ2n) is 4.72. The van der Waals surface area contributed by atoms with Gasteiger partial charge in [0.15, 0.2) is 6.29 Å². The van der Waals surface area contributed by atoms with E-state index >= 15 is 0 Å². The lowest BCUT2D eigenvalue weighted by molar-refractivity contribution is -0.281. The molecule has 1 heterocycles. The molecule has 7 N–H and O–H groups in total. The Morgan fingerprint density at radius 2 is 1.57 bits per heavy atom. The van der Waals surface area contributed by atoms with Crippen LogP contribution in [-0.2, 0) is 29.8 Å². The summed E-state index contributed by atoms with van der Waals surface area (Å²) in [6.45, 7) is -0.736. The van der Waals surface area contributed by atoms with Crippen molar-refractivity contribution in [3.05, 3.63) is 0 Å². The first-order valence-corrected chi connectivity index (χ1v) is 8.62. The van der Waals surface area contributed by atoms with Crippen LogP contribution >= 0.6 is 0 Å². The maximum absolute atomic E-state index is 11.5. The van der Waals surface area contributed by atoms with E-state index in [1.807, 2.05) is 0 Å². The van der Waals surface area contributed by atoms with Gasteiger partial charge in [-0.15, -0.1) is 0 Å². The van der Waals surface area contributed by atoms with Crippen molar-refractivity contribution in [1.29, 1.82) is 0 Å². The first-order chi connectivity index (χ1) is 10.1. The number of carbonyl (C=O) groups is 1. The van der Waals surface area contributed by atoms with Crippen molar-refractivity contribution in [2.75, 3.05) is 6.61 Å². The van der Waals surface area contributed by atoms with Crippen molar-refractivity contribution in [2.24, 2.45) is 0 Å². The molecular weight excluding hydrogens is 366 g/mol. The van der Waals surface area contributed by atoms with Gasteiger partial charge in [-0.05, 0) is 0 Å². The van der Waals surface area contributed by atoms with Crippen LogP contribution in [0.5, 0.6) is 0 Å². The minimum absolute atomic E-state index is 0.766. The Balaban J connectivity index is 3.83. The first-order valence-electron chi connectivity index (χ1n) is 5.74. The van der Waals surface area contributed by atoms with E-state index in [9.17, 15) is 41.5 Å². The van der Waals surface area contributed by atoms with Gasteiger partial charge >= 0.3 is 20.2 Å². The van der Waals surface area contributed by atoms with Crippen molar-refractivity contribution in [3.63, 3.8) is 0 Å². The minimum atomic E-state index is -5.99. The number of ether oxygens (including phenoxy) is 1. The molecule has 15 heteroatoms. The Bertz CT molecular complexity index is 688. The van der Waals surface area contributed by atoms with Crippen LogP contribution < -0.4 is 5.32 Å². The molecule has 13 nitrogen and oxygen atoms in total. The molecule has 5 atom stereocenters. The molecule has 0 bridgehead atoms. The Morgan fingerprint density at radius 1 is 1.13 bits per heavy atom. The Morgan fingerprint density at radius 3 is 1.87 bits per heavy atom. The highest BCUT2D eigenvalue weighted by atomic mass is 32.2. The normalized spacial score (nSPS) is 39.0. The van der Waals surface area contributed by atoms with Crippen molar-refractivity contribution in [2.45, 2.75) is 35.2 Å². The van der Waals surface area contributed by atoms with Gasteiger partial charge in [0.2, 0.25) is 5.91 Å². The Hall–Kier alpha value is -0.910. The smallest absolute Gasteiger partial charge is 0.302 e. The predicted octanol–water partition coefficient (Wildman–Crippen LogP) is -4.65. The van der Waals surface area contributed by atoms with E-state index in [0.717, 1.165) is 6.92 Å². The van der Waals surface area contributed by atoms with Crippen molar-refractivity contribution in [1.82, 2.24) is 5.32 Å². The molecule has 0 spiro atoms. The van der Waals surface area contributed by atoms with Gasteiger partial charge in [-0.1, -0.05) is 0 Å². The van der Waals surface area contributed by atoms with Crippen molar-refractivity contribution >= 4 is 26.1 Å². The maximum Gasteiger partial charge on any atom is 0.302 e. The Kier molecular flexibility index (Phi) is 5.14. The average Bonchev–Trinajstić information content (AvgIpc) is 2.35. The largest absolute Gasteiger partial charge is 0.394 e. The second-order valence-corrected chi connectivity index (χ2v) is 7.86. The zero-order chi connectivity index (χ0) is 18.4. The third kappa shape index (κ3) is 2.83.